The fourth-order valence-electron chi connectivity index (χ4n) is 2.92. The van der Waals surface area contributed by atoms with Crippen molar-refractivity contribution in [3.05, 3.63) is 35.7 Å². The lowest BCUT2D eigenvalue weighted by molar-refractivity contribution is 0.665. The number of benzene rings is 1. The van der Waals surface area contributed by atoms with Crippen LogP contribution in [0.5, 0.6) is 0 Å². The Kier molecular flexibility index (Phi) is 3.86. The Morgan fingerprint density at radius 3 is 2.29 bits per heavy atom. The minimum atomic E-state index is 0.329. The van der Waals surface area contributed by atoms with E-state index in [9.17, 15) is 0 Å². The van der Waals surface area contributed by atoms with Gasteiger partial charge in [-0.2, -0.15) is 9.97 Å². The van der Waals surface area contributed by atoms with Gasteiger partial charge in [-0.05, 0) is 24.3 Å². The minimum Gasteiger partial charge on any atom is -0.368 e. The molecule has 0 saturated heterocycles. The summed E-state index contributed by atoms with van der Waals surface area (Å²) in [4.78, 5) is 13.3. The molecule has 1 aromatic heterocycles. The van der Waals surface area contributed by atoms with Crippen LogP contribution >= 0.6 is 0 Å². The van der Waals surface area contributed by atoms with Gasteiger partial charge < -0.3 is 5.73 Å². The van der Waals surface area contributed by atoms with Crippen LogP contribution in [0.15, 0.2) is 24.3 Å². The second-order valence-electron chi connectivity index (χ2n) is 6.13. The summed E-state index contributed by atoms with van der Waals surface area (Å²) in [6.45, 7) is 4.38. The predicted molar refractivity (Wildman–Crippen MR) is 85.0 cm³/mol. The van der Waals surface area contributed by atoms with Gasteiger partial charge in [-0.25, -0.2) is 4.98 Å². The summed E-state index contributed by atoms with van der Waals surface area (Å²) in [7, 11) is 0. The number of anilines is 1. The molecule has 1 aliphatic rings. The van der Waals surface area contributed by atoms with Crippen molar-refractivity contribution in [3.63, 3.8) is 0 Å². The Morgan fingerprint density at radius 2 is 1.67 bits per heavy atom. The van der Waals surface area contributed by atoms with Crippen molar-refractivity contribution in [1.29, 1.82) is 0 Å². The zero-order chi connectivity index (χ0) is 14.8. The first-order valence-corrected chi connectivity index (χ1v) is 7.75. The van der Waals surface area contributed by atoms with Crippen LogP contribution in [0.4, 0.5) is 5.95 Å². The van der Waals surface area contributed by atoms with Crippen molar-refractivity contribution in [3.8, 4) is 11.4 Å². The first kappa shape index (κ1) is 14.0. The van der Waals surface area contributed by atoms with Crippen molar-refractivity contribution >= 4 is 5.95 Å². The summed E-state index contributed by atoms with van der Waals surface area (Å²) in [6.07, 6.45) is 4.84. The van der Waals surface area contributed by atoms with E-state index < -0.39 is 0 Å². The molecular weight excluding hydrogens is 260 g/mol. The third kappa shape index (κ3) is 3.04. The van der Waals surface area contributed by atoms with E-state index in [-0.39, 0.29) is 0 Å². The van der Waals surface area contributed by atoms with Gasteiger partial charge in [0.25, 0.3) is 0 Å². The van der Waals surface area contributed by atoms with E-state index >= 15 is 0 Å². The van der Waals surface area contributed by atoms with Gasteiger partial charge in [0.1, 0.15) is 5.82 Å². The number of nitrogens with two attached hydrogens (primary N) is 1. The Balaban J connectivity index is 1.93. The molecule has 0 spiro atoms. The van der Waals surface area contributed by atoms with Gasteiger partial charge in [0, 0.05) is 11.5 Å². The number of hydrogen-bond acceptors (Lipinski definition) is 4. The highest BCUT2D eigenvalue weighted by molar-refractivity contribution is 5.56. The molecule has 0 amide bonds. The molecule has 1 heterocycles. The van der Waals surface area contributed by atoms with Gasteiger partial charge in [-0.15, -0.1) is 0 Å². The monoisotopic (exact) mass is 282 g/mol. The molecule has 2 N–H and O–H groups in total. The molecule has 4 nitrogen and oxygen atoms in total. The minimum absolute atomic E-state index is 0.329. The van der Waals surface area contributed by atoms with Crippen LogP contribution < -0.4 is 5.73 Å². The quantitative estimate of drug-likeness (QED) is 0.927. The SMILES string of the molecule is CC(C)c1ccc(-c2nc(N)nc(C3CCCC3)n2)cc1. The number of rotatable bonds is 3. The smallest absolute Gasteiger partial charge is 0.223 e. The molecule has 0 bridgehead atoms. The zero-order valence-corrected chi connectivity index (χ0v) is 12.7. The molecule has 1 saturated carbocycles. The molecule has 4 heteroatoms. The molecule has 0 unspecified atom stereocenters. The van der Waals surface area contributed by atoms with Gasteiger partial charge in [0.15, 0.2) is 5.82 Å². The lowest BCUT2D eigenvalue weighted by atomic mass is 10.0. The van der Waals surface area contributed by atoms with Gasteiger partial charge in [-0.3, -0.25) is 0 Å². The van der Waals surface area contributed by atoms with Gasteiger partial charge in [0.05, 0.1) is 0 Å². The van der Waals surface area contributed by atoms with Crippen LogP contribution in [0, 0.1) is 0 Å². The van der Waals surface area contributed by atoms with Crippen molar-refractivity contribution in [1.82, 2.24) is 15.0 Å². The van der Waals surface area contributed by atoms with E-state index in [4.69, 9.17) is 5.73 Å². The normalized spacial score (nSPS) is 15.8. The topological polar surface area (TPSA) is 64.7 Å². The van der Waals surface area contributed by atoms with Crippen LogP contribution in [0.2, 0.25) is 0 Å². The van der Waals surface area contributed by atoms with E-state index in [1.54, 1.807) is 0 Å². The molecule has 21 heavy (non-hydrogen) atoms. The molecule has 1 aliphatic carbocycles. The Morgan fingerprint density at radius 1 is 1.00 bits per heavy atom. The summed E-state index contributed by atoms with van der Waals surface area (Å²) in [5, 5.41) is 0. The van der Waals surface area contributed by atoms with Gasteiger partial charge in [-0.1, -0.05) is 51.0 Å². The average molecular weight is 282 g/mol. The second-order valence-corrected chi connectivity index (χ2v) is 6.13. The summed E-state index contributed by atoms with van der Waals surface area (Å²) < 4.78 is 0. The van der Waals surface area contributed by atoms with Crippen molar-refractivity contribution in [2.24, 2.45) is 0 Å². The first-order chi connectivity index (χ1) is 10.1. The summed E-state index contributed by atoms with van der Waals surface area (Å²) in [6, 6.07) is 8.41. The Bertz CT molecular complexity index is 613. The molecule has 2 aromatic rings. The van der Waals surface area contributed by atoms with Crippen LogP contribution in [0.1, 0.15) is 62.8 Å². The Hall–Kier alpha value is -1.97. The maximum Gasteiger partial charge on any atom is 0.223 e. The number of hydrogen-bond donors (Lipinski definition) is 1. The van der Waals surface area contributed by atoms with Gasteiger partial charge in [0.2, 0.25) is 5.95 Å². The second kappa shape index (κ2) is 5.80. The molecular formula is C17H22N4. The zero-order valence-electron chi connectivity index (χ0n) is 12.7. The van der Waals surface area contributed by atoms with Crippen molar-refractivity contribution < 1.29 is 0 Å². The highest BCUT2D eigenvalue weighted by Gasteiger charge is 2.21. The molecule has 0 atom stereocenters. The molecule has 0 aliphatic heterocycles. The Labute approximate surface area is 125 Å². The maximum absolute atomic E-state index is 5.88. The standard InChI is InChI=1S/C17H22N4/c1-11(2)12-7-9-14(10-8-12)16-19-15(20-17(18)21-16)13-5-3-4-6-13/h7-11,13H,3-6H2,1-2H3,(H2,18,19,20,21). The van der Waals surface area contributed by atoms with E-state index in [1.165, 1.54) is 18.4 Å². The molecule has 0 radical (unpaired) electrons. The summed E-state index contributed by atoms with van der Waals surface area (Å²) in [5.41, 5.74) is 8.20. The van der Waals surface area contributed by atoms with Crippen molar-refractivity contribution in [2.75, 3.05) is 5.73 Å². The van der Waals surface area contributed by atoms with Crippen LogP contribution in [-0.4, -0.2) is 15.0 Å². The number of aromatic nitrogens is 3. The van der Waals surface area contributed by atoms with E-state index in [2.05, 4.69) is 53.1 Å². The van der Waals surface area contributed by atoms with Crippen LogP contribution in [-0.2, 0) is 0 Å². The first-order valence-electron chi connectivity index (χ1n) is 7.75. The van der Waals surface area contributed by atoms with Gasteiger partial charge >= 0.3 is 0 Å². The summed E-state index contributed by atoms with van der Waals surface area (Å²) >= 11 is 0. The van der Waals surface area contributed by atoms with E-state index in [0.29, 0.717) is 23.6 Å². The predicted octanol–water partition coefficient (Wildman–Crippen LogP) is 3.90. The number of nitrogen functional groups attached to an aromatic ring is 1. The number of nitrogens with zero attached hydrogens (tertiary/aromatic N) is 3. The third-order valence-corrected chi connectivity index (χ3v) is 4.23. The van der Waals surface area contributed by atoms with Crippen LogP contribution in [0.3, 0.4) is 0 Å². The van der Waals surface area contributed by atoms with E-state index in [0.717, 1.165) is 24.2 Å². The average Bonchev–Trinajstić information content (AvgIpc) is 3.01. The largest absolute Gasteiger partial charge is 0.368 e. The molecule has 1 aromatic carbocycles. The van der Waals surface area contributed by atoms with Crippen LogP contribution in [0.25, 0.3) is 11.4 Å². The molecule has 1 fully saturated rings. The fourth-order valence-corrected chi connectivity index (χ4v) is 2.92. The maximum atomic E-state index is 5.88. The highest BCUT2D eigenvalue weighted by atomic mass is 15.1. The summed E-state index contributed by atoms with van der Waals surface area (Å²) in [5.74, 6) is 2.86. The highest BCUT2D eigenvalue weighted by Crippen LogP contribution is 2.33. The van der Waals surface area contributed by atoms with Crippen molar-refractivity contribution in [2.45, 2.75) is 51.4 Å². The third-order valence-electron chi connectivity index (χ3n) is 4.23. The molecule has 110 valence electrons. The fraction of sp³-hybridized carbons (Fsp3) is 0.471. The van der Waals surface area contributed by atoms with E-state index in [1.807, 2.05) is 0 Å². The molecule has 3 rings (SSSR count). The lowest BCUT2D eigenvalue weighted by Gasteiger charge is -2.10. The lowest BCUT2D eigenvalue weighted by Crippen LogP contribution is -2.07.